The van der Waals surface area contributed by atoms with E-state index in [0.29, 0.717) is 12.5 Å². The predicted molar refractivity (Wildman–Crippen MR) is 49.4 cm³/mol. The van der Waals surface area contributed by atoms with Crippen LogP contribution in [0.15, 0.2) is 0 Å². The Morgan fingerprint density at radius 3 is 2.08 bits per heavy atom. The lowest BCUT2D eigenvalue weighted by Crippen LogP contribution is -2.41. The van der Waals surface area contributed by atoms with Crippen molar-refractivity contribution in [1.82, 2.24) is 4.31 Å². The summed E-state index contributed by atoms with van der Waals surface area (Å²) in [5.41, 5.74) is -0.188. The van der Waals surface area contributed by atoms with E-state index in [0.717, 1.165) is 6.42 Å². The average molecular weight is 191 g/mol. The van der Waals surface area contributed by atoms with Crippen molar-refractivity contribution < 1.29 is 8.42 Å². The molecule has 4 heteroatoms. The van der Waals surface area contributed by atoms with Crippen LogP contribution in [0.5, 0.6) is 0 Å². The first-order valence-electron chi connectivity index (χ1n) is 4.21. The fourth-order valence-electron chi connectivity index (χ4n) is 2.13. The topological polar surface area (TPSA) is 37.4 Å². The molecule has 0 aromatic heterocycles. The van der Waals surface area contributed by atoms with Gasteiger partial charge in [0.05, 0.1) is 6.26 Å². The quantitative estimate of drug-likeness (QED) is 0.621. The highest BCUT2D eigenvalue weighted by Crippen LogP contribution is 2.33. The monoisotopic (exact) mass is 191 g/mol. The zero-order valence-corrected chi connectivity index (χ0v) is 8.98. The Balaban J connectivity index is 2.94. The van der Waals surface area contributed by atoms with Crippen LogP contribution < -0.4 is 0 Å². The third-order valence-electron chi connectivity index (χ3n) is 2.40. The molecule has 72 valence electrons. The second kappa shape index (κ2) is 2.70. The van der Waals surface area contributed by atoms with Gasteiger partial charge < -0.3 is 0 Å². The maximum atomic E-state index is 11.3. The highest BCUT2D eigenvalue weighted by atomic mass is 32.2. The summed E-state index contributed by atoms with van der Waals surface area (Å²) in [6.45, 7) is 6.73. The van der Waals surface area contributed by atoms with E-state index in [4.69, 9.17) is 0 Å². The van der Waals surface area contributed by atoms with E-state index in [9.17, 15) is 8.42 Å². The summed E-state index contributed by atoms with van der Waals surface area (Å²) in [7, 11) is -3.01. The summed E-state index contributed by atoms with van der Waals surface area (Å²) in [6.07, 6.45) is 2.24. The molecule has 1 rings (SSSR count). The fraction of sp³-hybridized carbons (Fsp3) is 1.00. The molecule has 0 spiro atoms. The molecule has 1 unspecified atom stereocenters. The second-order valence-corrected chi connectivity index (χ2v) is 6.32. The smallest absolute Gasteiger partial charge is 0.211 e. The van der Waals surface area contributed by atoms with Gasteiger partial charge in [-0.2, -0.15) is 4.31 Å². The van der Waals surface area contributed by atoms with Crippen LogP contribution in [-0.2, 0) is 10.0 Å². The van der Waals surface area contributed by atoms with Gasteiger partial charge in [-0.15, -0.1) is 0 Å². The van der Waals surface area contributed by atoms with E-state index in [-0.39, 0.29) is 5.54 Å². The Bertz CT molecular complexity index is 269. The number of rotatable bonds is 1. The van der Waals surface area contributed by atoms with Gasteiger partial charge in [-0.1, -0.05) is 6.92 Å². The summed E-state index contributed by atoms with van der Waals surface area (Å²) in [5.74, 6) is 0.481. The summed E-state index contributed by atoms with van der Waals surface area (Å²) >= 11 is 0. The lowest BCUT2D eigenvalue weighted by Gasteiger charge is -2.28. The normalized spacial score (nSPS) is 30.8. The van der Waals surface area contributed by atoms with Crippen molar-refractivity contribution in [1.29, 1.82) is 0 Å². The molecule has 0 aliphatic carbocycles. The van der Waals surface area contributed by atoms with E-state index < -0.39 is 10.0 Å². The van der Waals surface area contributed by atoms with Crippen LogP contribution in [0.3, 0.4) is 0 Å². The lowest BCUT2D eigenvalue weighted by atomic mass is 9.99. The van der Waals surface area contributed by atoms with Crippen LogP contribution in [-0.4, -0.2) is 31.1 Å². The molecular weight excluding hydrogens is 174 g/mol. The fourth-order valence-corrected chi connectivity index (χ4v) is 3.63. The lowest BCUT2D eigenvalue weighted by molar-refractivity contribution is 0.294. The Hall–Kier alpha value is -0.0900. The van der Waals surface area contributed by atoms with Gasteiger partial charge in [0, 0.05) is 12.1 Å². The van der Waals surface area contributed by atoms with Crippen molar-refractivity contribution >= 4 is 10.0 Å². The second-order valence-electron chi connectivity index (χ2n) is 4.42. The van der Waals surface area contributed by atoms with Gasteiger partial charge in [0.15, 0.2) is 0 Å². The summed E-state index contributed by atoms with van der Waals surface area (Å²) < 4.78 is 24.2. The first-order valence-corrected chi connectivity index (χ1v) is 6.06. The number of hydrogen-bond donors (Lipinski definition) is 0. The van der Waals surface area contributed by atoms with Crippen LogP contribution in [0.2, 0.25) is 0 Å². The number of hydrogen-bond acceptors (Lipinski definition) is 2. The standard InChI is InChI=1S/C8H17NO2S/c1-7-5-8(2,3)9(6-7)12(4,10)11/h7H,5-6H2,1-4H3. The van der Waals surface area contributed by atoms with Gasteiger partial charge in [0.1, 0.15) is 0 Å². The predicted octanol–water partition coefficient (Wildman–Crippen LogP) is 1.07. The van der Waals surface area contributed by atoms with Crippen molar-refractivity contribution in [2.24, 2.45) is 5.92 Å². The van der Waals surface area contributed by atoms with Gasteiger partial charge >= 0.3 is 0 Å². The van der Waals surface area contributed by atoms with Gasteiger partial charge in [-0.05, 0) is 26.2 Å². The molecule has 1 aliphatic rings. The zero-order valence-electron chi connectivity index (χ0n) is 8.16. The van der Waals surface area contributed by atoms with Crippen molar-refractivity contribution in [2.75, 3.05) is 12.8 Å². The van der Waals surface area contributed by atoms with Gasteiger partial charge in [0.2, 0.25) is 10.0 Å². The molecule has 1 saturated heterocycles. The van der Waals surface area contributed by atoms with Crippen LogP contribution in [0.1, 0.15) is 27.2 Å². The SMILES string of the molecule is CC1CN(S(C)(=O)=O)C(C)(C)C1. The van der Waals surface area contributed by atoms with E-state index in [1.807, 2.05) is 13.8 Å². The highest BCUT2D eigenvalue weighted by molar-refractivity contribution is 7.88. The van der Waals surface area contributed by atoms with E-state index >= 15 is 0 Å². The Labute approximate surface area is 74.8 Å². The summed E-state index contributed by atoms with van der Waals surface area (Å²) in [6, 6.07) is 0. The Kier molecular flexibility index (Phi) is 2.25. The maximum absolute atomic E-state index is 11.3. The molecular formula is C8H17NO2S. The van der Waals surface area contributed by atoms with Gasteiger partial charge in [0.25, 0.3) is 0 Å². The maximum Gasteiger partial charge on any atom is 0.211 e. The molecule has 1 atom stereocenters. The first kappa shape index (κ1) is 9.99. The van der Waals surface area contributed by atoms with Crippen molar-refractivity contribution in [3.8, 4) is 0 Å². The third kappa shape index (κ3) is 1.80. The summed E-state index contributed by atoms with van der Waals surface area (Å²) in [4.78, 5) is 0. The van der Waals surface area contributed by atoms with Gasteiger partial charge in [-0.25, -0.2) is 8.42 Å². The van der Waals surface area contributed by atoms with Crippen LogP contribution in [0.4, 0.5) is 0 Å². The molecule has 0 amide bonds. The zero-order chi connectivity index (χ0) is 9.57. The molecule has 1 heterocycles. The van der Waals surface area contributed by atoms with E-state index in [2.05, 4.69) is 6.92 Å². The largest absolute Gasteiger partial charge is 0.212 e. The molecule has 0 aromatic rings. The first-order chi connectivity index (χ1) is 5.23. The minimum absolute atomic E-state index is 0.188. The van der Waals surface area contributed by atoms with Gasteiger partial charge in [-0.3, -0.25) is 0 Å². The average Bonchev–Trinajstić information content (AvgIpc) is 2.02. The van der Waals surface area contributed by atoms with Crippen molar-refractivity contribution in [3.63, 3.8) is 0 Å². The molecule has 1 aliphatic heterocycles. The van der Waals surface area contributed by atoms with Crippen LogP contribution in [0, 0.1) is 5.92 Å². The number of nitrogens with zero attached hydrogens (tertiary/aromatic N) is 1. The molecule has 0 radical (unpaired) electrons. The van der Waals surface area contributed by atoms with E-state index in [1.54, 1.807) is 4.31 Å². The Morgan fingerprint density at radius 1 is 1.42 bits per heavy atom. The number of sulfonamides is 1. The molecule has 12 heavy (non-hydrogen) atoms. The molecule has 0 saturated carbocycles. The Morgan fingerprint density at radius 2 is 1.92 bits per heavy atom. The van der Waals surface area contributed by atoms with Crippen molar-refractivity contribution in [3.05, 3.63) is 0 Å². The van der Waals surface area contributed by atoms with Crippen LogP contribution in [0.25, 0.3) is 0 Å². The highest BCUT2D eigenvalue weighted by Gasteiger charge is 2.41. The molecule has 0 aromatic carbocycles. The molecule has 1 fully saturated rings. The minimum Gasteiger partial charge on any atom is -0.212 e. The molecule has 3 nitrogen and oxygen atoms in total. The minimum atomic E-state index is -3.01. The third-order valence-corrected chi connectivity index (χ3v) is 3.84. The molecule has 0 bridgehead atoms. The summed E-state index contributed by atoms with van der Waals surface area (Å²) in [5, 5.41) is 0. The van der Waals surface area contributed by atoms with E-state index in [1.165, 1.54) is 6.26 Å². The van der Waals surface area contributed by atoms with Crippen molar-refractivity contribution in [2.45, 2.75) is 32.7 Å². The van der Waals surface area contributed by atoms with Crippen LogP contribution >= 0.6 is 0 Å². The molecule has 0 N–H and O–H groups in total.